The first kappa shape index (κ1) is 39.0. The average molecular weight is 800 g/mol. The fourth-order valence-electron chi connectivity index (χ4n) is 8.49. The van der Waals surface area contributed by atoms with Crippen molar-refractivity contribution in [3.8, 4) is 5.69 Å². The molecule has 3 fully saturated rings. The molecule has 1 unspecified atom stereocenters. The lowest BCUT2D eigenvalue weighted by atomic mass is 9.89. The lowest BCUT2D eigenvalue weighted by molar-refractivity contribution is -0.138. The largest absolute Gasteiger partial charge is 0.416 e. The molecule has 0 bridgehead atoms. The number of halogens is 3. The predicted octanol–water partition coefficient (Wildman–Crippen LogP) is 4.96. The Bertz CT molecular complexity index is 2250. The second-order valence-electron chi connectivity index (χ2n) is 16.1. The van der Waals surface area contributed by atoms with Gasteiger partial charge in [-0.05, 0) is 119 Å². The molecule has 4 aliphatic rings. The van der Waals surface area contributed by atoms with Gasteiger partial charge in [-0.2, -0.15) is 23.4 Å². The van der Waals surface area contributed by atoms with Gasteiger partial charge in [-0.25, -0.2) is 4.68 Å². The van der Waals surface area contributed by atoms with Gasteiger partial charge in [0, 0.05) is 50.3 Å². The number of likely N-dealkylation sites (tertiary alicyclic amines) is 1. The fourth-order valence-corrected chi connectivity index (χ4v) is 8.49. The van der Waals surface area contributed by atoms with E-state index in [4.69, 9.17) is 0 Å². The molecule has 2 aromatic heterocycles. The number of carbonyl (C=O) groups is 5. The molecule has 304 valence electrons. The molecule has 14 nitrogen and oxygen atoms in total. The summed E-state index contributed by atoms with van der Waals surface area (Å²) in [6.45, 7) is 7.88. The maximum absolute atomic E-state index is 13.6. The van der Waals surface area contributed by atoms with Crippen LogP contribution in [0.1, 0.15) is 90.1 Å². The van der Waals surface area contributed by atoms with E-state index >= 15 is 0 Å². The summed E-state index contributed by atoms with van der Waals surface area (Å²) in [5, 5.41) is 13.7. The molecular weight excluding hydrogens is 756 g/mol. The van der Waals surface area contributed by atoms with Crippen molar-refractivity contribution in [2.75, 3.05) is 42.9 Å². The summed E-state index contributed by atoms with van der Waals surface area (Å²) in [5.41, 5.74) is 0.749. The Morgan fingerprint density at radius 2 is 1.64 bits per heavy atom. The van der Waals surface area contributed by atoms with Gasteiger partial charge in [-0.15, -0.1) is 0 Å². The van der Waals surface area contributed by atoms with Gasteiger partial charge in [0.15, 0.2) is 0 Å². The standard InChI is InChI=1S/C41H44F3N9O5/c1-40(2,39(58)47-32-7-4-28(41(42,43)44)20-34(32)51-15-3-14-45-51)52-24-27(22-46-52)26-12-16-49(17-13-26)23-25-10-18-50(19-11-25)29-5-6-30-31(21-29)38(57)53(37(30)56)33-8-9-35(54)48-36(33)55/h3-7,14-15,20-22,24-26,33H,8-13,16-19,23H2,1-2H3,(H,47,58)(H,48,54,55). The summed E-state index contributed by atoms with van der Waals surface area (Å²) in [4.78, 5) is 69.9. The third-order valence-electron chi connectivity index (χ3n) is 12.0. The molecule has 4 aromatic rings. The van der Waals surface area contributed by atoms with Crippen LogP contribution in [0.5, 0.6) is 0 Å². The summed E-state index contributed by atoms with van der Waals surface area (Å²) < 4.78 is 43.4. The zero-order valence-electron chi connectivity index (χ0n) is 32.2. The van der Waals surface area contributed by atoms with E-state index < -0.39 is 52.9 Å². The van der Waals surface area contributed by atoms with Crippen LogP contribution in [0.3, 0.4) is 0 Å². The minimum absolute atomic E-state index is 0.0739. The van der Waals surface area contributed by atoms with Gasteiger partial charge in [0.25, 0.3) is 17.7 Å². The number of anilines is 2. The Morgan fingerprint density at radius 1 is 0.897 bits per heavy atom. The monoisotopic (exact) mass is 799 g/mol. The minimum Gasteiger partial charge on any atom is -0.371 e. The van der Waals surface area contributed by atoms with Crippen LogP contribution in [0, 0.1) is 5.92 Å². The smallest absolute Gasteiger partial charge is 0.371 e. The number of nitrogens with zero attached hydrogens (tertiary/aromatic N) is 7. The Labute approximate surface area is 332 Å². The third kappa shape index (κ3) is 7.50. The van der Waals surface area contributed by atoms with Crippen LogP contribution >= 0.6 is 0 Å². The van der Waals surface area contributed by atoms with Gasteiger partial charge >= 0.3 is 6.18 Å². The Balaban J connectivity index is 0.828. The number of imide groups is 2. The summed E-state index contributed by atoms with van der Waals surface area (Å²) in [5.74, 6) is -1.71. The minimum atomic E-state index is -4.56. The molecule has 1 atom stereocenters. The van der Waals surface area contributed by atoms with Crippen molar-refractivity contribution < 1.29 is 37.1 Å². The number of benzene rings is 2. The quantitative estimate of drug-likeness (QED) is 0.224. The highest BCUT2D eigenvalue weighted by Crippen LogP contribution is 2.36. The van der Waals surface area contributed by atoms with E-state index in [2.05, 4.69) is 30.6 Å². The molecular formula is C41H44F3N9O5. The molecule has 0 aliphatic carbocycles. The van der Waals surface area contributed by atoms with E-state index in [1.165, 1.54) is 23.1 Å². The summed E-state index contributed by atoms with van der Waals surface area (Å²) in [7, 11) is 0. The molecule has 0 radical (unpaired) electrons. The first-order valence-corrected chi connectivity index (χ1v) is 19.6. The number of rotatable bonds is 9. The third-order valence-corrected chi connectivity index (χ3v) is 12.0. The number of fused-ring (bicyclic) bond motifs is 1. The number of alkyl halides is 3. The lowest BCUT2D eigenvalue weighted by Gasteiger charge is -2.38. The second-order valence-corrected chi connectivity index (χ2v) is 16.1. The number of amides is 5. The number of nitrogens with one attached hydrogen (secondary N) is 2. The molecule has 8 rings (SSSR count). The van der Waals surface area contributed by atoms with Crippen LogP contribution in [0.25, 0.3) is 5.69 Å². The molecule has 17 heteroatoms. The van der Waals surface area contributed by atoms with E-state index in [-0.39, 0.29) is 41.3 Å². The molecule has 5 amide bonds. The normalized spacial score (nSPS) is 20.1. The van der Waals surface area contributed by atoms with Gasteiger partial charge in [0.2, 0.25) is 11.8 Å². The van der Waals surface area contributed by atoms with E-state index in [1.807, 2.05) is 12.3 Å². The maximum Gasteiger partial charge on any atom is 0.416 e. The molecule has 2 aromatic carbocycles. The van der Waals surface area contributed by atoms with Crippen LogP contribution in [0.15, 0.2) is 67.3 Å². The summed E-state index contributed by atoms with van der Waals surface area (Å²) in [6, 6.07) is 9.00. The van der Waals surface area contributed by atoms with Crippen molar-refractivity contribution >= 4 is 40.9 Å². The van der Waals surface area contributed by atoms with Crippen molar-refractivity contribution in [2.24, 2.45) is 5.92 Å². The molecule has 58 heavy (non-hydrogen) atoms. The highest BCUT2D eigenvalue weighted by Gasteiger charge is 2.45. The van der Waals surface area contributed by atoms with Gasteiger partial charge in [-0.3, -0.25) is 38.9 Å². The zero-order chi connectivity index (χ0) is 40.9. The highest BCUT2D eigenvalue weighted by atomic mass is 19.4. The number of hydrogen-bond acceptors (Lipinski definition) is 9. The number of piperidine rings is 3. The SMILES string of the molecule is CC(C)(C(=O)Nc1ccc(C(F)(F)F)cc1-n1cccn1)n1cc(C2CCN(CC3CCN(c4ccc5c(c4)C(=O)N(C4CCC(=O)NC4=O)C5=O)CC3)CC2)cn1. The molecule has 4 aliphatic heterocycles. The lowest BCUT2D eigenvalue weighted by Crippen LogP contribution is -2.54. The Morgan fingerprint density at radius 3 is 2.33 bits per heavy atom. The molecule has 6 heterocycles. The van der Waals surface area contributed by atoms with Crippen LogP contribution in [-0.2, 0) is 26.1 Å². The Hall–Kier alpha value is -5.84. The van der Waals surface area contributed by atoms with Crippen molar-refractivity contribution in [1.29, 1.82) is 0 Å². The zero-order valence-corrected chi connectivity index (χ0v) is 32.2. The highest BCUT2D eigenvalue weighted by molar-refractivity contribution is 6.23. The van der Waals surface area contributed by atoms with Crippen LogP contribution in [0.4, 0.5) is 24.5 Å². The molecule has 2 N–H and O–H groups in total. The second kappa shape index (κ2) is 15.2. The summed E-state index contributed by atoms with van der Waals surface area (Å²) >= 11 is 0. The van der Waals surface area contributed by atoms with E-state index in [0.29, 0.717) is 5.92 Å². The van der Waals surface area contributed by atoms with Crippen molar-refractivity contribution in [1.82, 2.24) is 34.7 Å². The van der Waals surface area contributed by atoms with Crippen molar-refractivity contribution in [3.05, 3.63) is 89.5 Å². The van der Waals surface area contributed by atoms with Gasteiger partial charge in [-0.1, -0.05) is 0 Å². The molecule has 0 spiro atoms. The van der Waals surface area contributed by atoms with Crippen LogP contribution < -0.4 is 15.5 Å². The first-order valence-electron chi connectivity index (χ1n) is 19.6. The van der Waals surface area contributed by atoms with Gasteiger partial charge in [0.1, 0.15) is 11.6 Å². The molecule has 0 saturated carbocycles. The predicted molar refractivity (Wildman–Crippen MR) is 205 cm³/mol. The van der Waals surface area contributed by atoms with E-state index in [9.17, 15) is 37.1 Å². The number of carbonyl (C=O) groups excluding carboxylic acids is 5. The summed E-state index contributed by atoms with van der Waals surface area (Å²) in [6.07, 6.45) is 6.12. The first-order chi connectivity index (χ1) is 27.7. The average Bonchev–Trinajstić information content (AvgIpc) is 3.97. The van der Waals surface area contributed by atoms with Gasteiger partial charge < -0.3 is 15.1 Å². The van der Waals surface area contributed by atoms with Crippen molar-refractivity contribution in [2.45, 2.75) is 76.0 Å². The molecule has 3 saturated heterocycles. The van der Waals surface area contributed by atoms with E-state index in [0.717, 1.165) is 86.7 Å². The Kier molecular flexibility index (Phi) is 10.2. The maximum atomic E-state index is 13.6. The van der Waals surface area contributed by atoms with Crippen LogP contribution in [-0.4, -0.2) is 97.7 Å². The number of aromatic nitrogens is 4. The van der Waals surface area contributed by atoms with E-state index in [1.54, 1.807) is 42.9 Å². The van der Waals surface area contributed by atoms with Crippen molar-refractivity contribution in [3.63, 3.8) is 0 Å². The number of hydrogen-bond donors (Lipinski definition) is 2. The van der Waals surface area contributed by atoms with Crippen LogP contribution in [0.2, 0.25) is 0 Å². The topological polar surface area (TPSA) is 155 Å². The fraction of sp³-hybridized carbons (Fsp3) is 0.439. The van der Waals surface area contributed by atoms with Gasteiger partial charge in [0.05, 0.1) is 34.3 Å².